The average molecular weight is 822 g/mol. The van der Waals surface area contributed by atoms with Crippen LogP contribution in [0.1, 0.15) is 43.0 Å². The van der Waals surface area contributed by atoms with Crippen LogP contribution < -0.4 is 27.0 Å². The minimum absolute atomic E-state index is 0.0193. The van der Waals surface area contributed by atoms with E-state index in [4.69, 9.17) is 42.1 Å². The van der Waals surface area contributed by atoms with E-state index >= 15 is 0 Å². The van der Waals surface area contributed by atoms with Gasteiger partial charge in [-0.05, 0) is 65.1 Å². The van der Waals surface area contributed by atoms with Gasteiger partial charge in [-0.25, -0.2) is 9.59 Å². The number of primary amides is 1. The lowest BCUT2D eigenvalue weighted by atomic mass is 10.1. The Labute approximate surface area is 326 Å². The zero-order valence-corrected chi connectivity index (χ0v) is 30.2. The number of amides is 3. The molecule has 1 aliphatic heterocycles. The van der Waals surface area contributed by atoms with E-state index in [0.717, 1.165) is 34.4 Å². The van der Waals surface area contributed by atoms with Crippen molar-refractivity contribution in [3.05, 3.63) is 130 Å². The number of carboxylic acids is 3. The molecule has 0 spiro atoms. The lowest BCUT2D eigenvalue weighted by Gasteiger charge is -2.21. The van der Waals surface area contributed by atoms with Gasteiger partial charge in [-0.2, -0.15) is 26.3 Å². The van der Waals surface area contributed by atoms with Crippen molar-refractivity contribution in [3.63, 3.8) is 0 Å². The van der Waals surface area contributed by atoms with Crippen molar-refractivity contribution < 1.29 is 70.4 Å². The molecule has 0 unspecified atom stereocenters. The van der Waals surface area contributed by atoms with Gasteiger partial charge in [0.2, 0.25) is 11.8 Å². The van der Waals surface area contributed by atoms with Gasteiger partial charge in [0.25, 0.3) is 5.91 Å². The van der Waals surface area contributed by atoms with Gasteiger partial charge >= 0.3 is 30.3 Å². The molecular weight excluding hydrogens is 784 g/mol. The van der Waals surface area contributed by atoms with Gasteiger partial charge in [0, 0.05) is 42.1 Å². The van der Waals surface area contributed by atoms with Gasteiger partial charge in [0.05, 0.1) is 6.42 Å². The number of anilines is 2. The summed E-state index contributed by atoms with van der Waals surface area (Å²) in [6.07, 6.45) is -9.04. The number of alkyl halides is 6. The third-order valence-electron chi connectivity index (χ3n) is 7.68. The van der Waals surface area contributed by atoms with Crippen molar-refractivity contribution in [1.29, 1.82) is 0 Å². The molecule has 3 amide bonds. The smallest absolute Gasteiger partial charge is 0.480 e. The second kappa shape index (κ2) is 21.5. The van der Waals surface area contributed by atoms with E-state index in [1.807, 2.05) is 42.5 Å². The largest absolute Gasteiger partial charge is 0.490 e. The molecule has 58 heavy (non-hydrogen) atoms. The summed E-state index contributed by atoms with van der Waals surface area (Å²) >= 11 is 0. The maximum atomic E-state index is 12.6. The highest BCUT2D eigenvalue weighted by atomic mass is 19.4. The molecule has 20 heteroatoms. The lowest BCUT2D eigenvalue weighted by molar-refractivity contribution is -0.193. The minimum atomic E-state index is -5.08. The molecule has 310 valence electrons. The highest BCUT2D eigenvalue weighted by Gasteiger charge is 2.39. The van der Waals surface area contributed by atoms with E-state index in [0.29, 0.717) is 42.9 Å². The molecular formula is C38H37F6N5O9. The van der Waals surface area contributed by atoms with Gasteiger partial charge in [-0.15, -0.1) is 0 Å². The van der Waals surface area contributed by atoms with Crippen LogP contribution in [0.2, 0.25) is 0 Å². The number of nitrogens with zero attached hydrogens (tertiary/aromatic N) is 2. The first kappa shape index (κ1) is 47.4. The van der Waals surface area contributed by atoms with E-state index in [1.165, 1.54) is 4.90 Å². The summed E-state index contributed by atoms with van der Waals surface area (Å²) in [6, 6.07) is 28.6. The zero-order chi connectivity index (χ0) is 43.8. The first-order valence-electron chi connectivity index (χ1n) is 16.6. The Morgan fingerprint density at radius 2 is 1.19 bits per heavy atom. The molecule has 0 saturated heterocycles. The van der Waals surface area contributed by atoms with Crippen LogP contribution in [0.25, 0.3) is 0 Å². The number of halogens is 6. The van der Waals surface area contributed by atoms with Crippen molar-refractivity contribution in [2.24, 2.45) is 17.2 Å². The summed E-state index contributed by atoms with van der Waals surface area (Å²) in [4.78, 5) is 68.3. The Bertz CT molecular complexity index is 2040. The molecule has 0 fully saturated rings. The zero-order valence-electron chi connectivity index (χ0n) is 30.2. The van der Waals surface area contributed by atoms with Crippen LogP contribution in [0, 0.1) is 0 Å². The number of nitrogens with two attached hydrogens (primary N) is 3. The van der Waals surface area contributed by atoms with Crippen LogP contribution in [0.5, 0.6) is 0 Å². The predicted octanol–water partition coefficient (Wildman–Crippen LogP) is 4.52. The molecule has 0 atom stereocenters. The van der Waals surface area contributed by atoms with Crippen molar-refractivity contribution in [2.75, 3.05) is 22.9 Å². The minimum Gasteiger partial charge on any atom is -0.480 e. The maximum absolute atomic E-state index is 12.6. The number of carboxylic acid groups (broad SMARTS) is 3. The summed E-state index contributed by atoms with van der Waals surface area (Å²) in [6.45, 7) is 1.06. The molecule has 0 radical (unpaired) electrons. The summed E-state index contributed by atoms with van der Waals surface area (Å²) < 4.78 is 63.5. The number of hydrogen-bond donors (Lipinski definition) is 6. The van der Waals surface area contributed by atoms with E-state index in [2.05, 4.69) is 0 Å². The Balaban J connectivity index is 0.000000304. The number of rotatable bonds is 9. The molecule has 1 aliphatic rings. The fourth-order valence-electron chi connectivity index (χ4n) is 4.87. The quantitative estimate of drug-likeness (QED) is 0.128. The van der Waals surface area contributed by atoms with Gasteiger partial charge < -0.3 is 37.4 Å². The third-order valence-corrected chi connectivity index (χ3v) is 7.68. The Hall–Kier alpha value is -6.80. The normalized spacial score (nSPS) is 11.6. The van der Waals surface area contributed by atoms with Gasteiger partial charge in [-0.1, -0.05) is 60.7 Å². The standard InChI is InChI=1S/C18H19N3O2.C16H16N2O3.2C2HF3O2/c19-11-13-3-1-12(2-4-13)9-17(22)21-8-7-14-5-6-15(18(20)23)10-16(14)21;17-10-12-5-4-6-13(9-12)16(21)18(11-15(19)20)14-7-2-1-3-8-14;2*3-2(4,5)1(6)7/h1-6,10H,7-9,11,19H2,(H2,20,23);1-9H,10-11,17H2,(H,19,20);2*(H,6,7). The van der Waals surface area contributed by atoms with Crippen LogP contribution >= 0.6 is 0 Å². The van der Waals surface area contributed by atoms with E-state index in [1.54, 1.807) is 59.5 Å². The second-order valence-corrected chi connectivity index (χ2v) is 11.8. The molecule has 0 aliphatic carbocycles. The van der Waals surface area contributed by atoms with Crippen LogP contribution in [-0.4, -0.2) is 76.4 Å². The number of aliphatic carboxylic acids is 3. The van der Waals surface area contributed by atoms with Crippen LogP contribution in [-0.2, 0) is 45.1 Å². The Morgan fingerprint density at radius 3 is 1.67 bits per heavy atom. The van der Waals surface area contributed by atoms with Crippen LogP contribution in [0.3, 0.4) is 0 Å². The van der Waals surface area contributed by atoms with Crippen LogP contribution in [0.4, 0.5) is 37.7 Å². The van der Waals surface area contributed by atoms with Gasteiger partial charge in [0.15, 0.2) is 0 Å². The van der Waals surface area contributed by atoms with E-state index < -0.39 is 42.7 Å². The molecule has 4 aromatic carbocycles. The SMILES string of the molecule is NCc1ccc(CC(=O)N2CCc3ccc(C(N)=O)cc32)cc1.NCc1cccc(C(=O)N(CC(=O)O)c2ccccc2)c1.O=C(O)C(F)(F)F.O=C(O)C(F)(F)F. The number of carbonyl (C=O) groups is 6. The number of benzene rings is 4. The molecule has 0 saturated carbocycles. The van der Waals surface area contributed by atoms with Crippen molar-refractivity contribution in [3.8, 4) is 0 Å². The molecule has 1 heterocycles. The fourth-order valence-corrected chi connectivity index (χ4v) is 4.87. The maximum Gasteiger partial charge on any atom is 0.490 e. The summed E-state index contributed by atoms with van der Waals surface area (Å²) in [5.41, 5.74) is 22.5. The Morgan fingerprint density at radius 1 is 0.655 bits per heavy atom. The van der Waals surface area contributed by atoms with E-state index in [-0.39, 0.29) is 11.8 Å². The first-order valence-corrected chi connectivity index (χ1v) is 16.6. The average Bonchev–Trinajstić information content (AvgIpc) is 3.61. The highest BCUT2D eigenvalue weighted by Crippen LogP contribution is 2.30. The summed E-state index contributed by atoms with van der Waals surface area (Å²) in [5, 5.41) is 23.3. The van der Waals surface area contributed by atoms with Crippen molar-refractivity contribution >= 4 is 47.0 Å². The molecule has 4 aromatic rings. The predicted molar refractivity (Wildman–Crippen MR) is 197 cm³/mol. The topological polar surface area (TPSA) is 248 Å². The fraction of sp³-hybridized carbons (Fsp3) is 0.211. The van der Waals surface area contributed by atoms with Gasteiger partial charge in [-0.3, -0.25) is 24.1 Å². The van der Waals surface area contributed by atoms with E-state index in [9.17, 15) is 45.5 Å². The molecule has 14 nitrogen and oxygen atoms in total. The van der Waals surface area contributed by atoms with Crippen molar-refractivity contribution in [2.45, 2.75) is 38.3 Å². The van der Waals surface area contributed by atoms with Crippen molar-refractivity contribution in [1.82, 2.24) is 0 Å². The Kier molecular flexibility index (Phi) is 17.5. The second-order valence-electron chi connectivity index (χ2n) is 11.8. The first-order chi connectivity index (χ1) is 27.1. The number of hydrogen-bond acceptors (Lipinski definition) is 8. The number of para-hydroxylation sites is 1. The van der Waals surface area contributed by atoms with Gasteiger partial charge in [0.1, 0.15) is 6.54 Å². The highest BCUT2D eigenvalue weighted by molar-refractivity contribution is 6.08. The van der Waals surface area contributed by atoms with Crippen LogP contribution in [0.15, 0.2) is 97.1 Å². The molecule has 5 rings (SSSR count). The molecule has 0 aromatic heterocycles. The molecule has 0 bridgehead atoms. The summed E-state index contributed by atoms with van der Waals surface area (Å²) in [7, 11) is 0. The number of carbonyl (C=O) groups excluding carboxylic acids is 3. The number of fused-ring (bicyclic) bond motifs is 1. The molecule has 9 N–H and O–H groups in total. The third kappa shape index (κ3) is 15.0. The monoisotopic (exact) mass is 821 g/mol. The lowest BCUT2D eigenvalue weighted by Crippen LogP contribution is -2.35. The summed E-state index contributed by atoms with van der Waals surface area (Å²) in [5.74, 6) is -7.41.